The molecular formula is C14H13F3N2OS2. The summed E-state index contributed by atoms with van der Waals surface area (Å²) in [5, 5.41) is 3.26. The maximum Gasteiger partial charge on any atom is 0.434 e. The number of hydrogen-bond donors (Lipinski definition) is 1. The second kappa shape index (κ2) is 7.64. The number of halogens is 3. The van der Waals surface area contributed by atoms with Crippen molar-refractivity contribution in [1.29, 1.82) is 0 Å². The first kappa shape index (κ1) is 16.8. The van der Waals surface area contributed by atoms with E-state index >= 15 is 0 Å². The normalized spacial score (nSPS) is 11.4. The van der Waals surface area contributed by atoms with Crippen molar-refractivity contribution >= 4 is 34.1 Å². The number of benzene rings is 1. The second-order valence-corrected chi connectivity index (χ2v) is 6.38. The van der Waals surface area contributed by atoms with Crippen LogP contribution in [-0.4, -0.2) is 16.6 Å². The maximum absolute atomic E-state index is 12.4. The summed E-state index contributed by atoms with van der Waals surface area (Å²) in [5.74, 6) is 0.445. The molecule has 0 fully saturated rings. The molecule has 1 heterocycles. The summed E-state index contributed by atoms with van der Waals surface area (Å²) >= 11 is 2.41. The zero-order chi connectivity index (χ0) is 16.0. The van der Waals surface area contributed by atoms with E-state index in [-0.39, 0.29) is 17.5 Å². The van der Waals surface area contributed by atoms with Crippen LogP contribution in [0.5, 0.6) is 0 Å². The molecule has 0 aliphatic rings. The van der Waals surface area contributed by atoms with E-state index < -0.39 is 11.9 Å². The first-order valence-electron chi connectivity index (χ1n) is 6.45. The highest BCUT2D eigenvalue weighted by Gasteiger charge is 2.33. The van der Waals surface area contributed by atoms with Gasteiger partial charge >= 0.3 is 6.18 Å². The molecule has 8 heteroatoms. The Balaban J connectivity index is 1.71. The summed E-state index contributed by atoms with van der Waals surface area (Å²) in [6, 6.07) is 9.78. The molecule has 0 atom stereocenters. The predicted molar refractivity (Wildman–Crippen MR) is 82.1 cm³/mol. The Bertz CT molecular complexity index is 614. The summed E-state index contributed by atoms with van der Waals surface area (Å²) in [5.41, 5.74) is -0.979. The maximum atomic E-state index is 12.4. The molecule has 0 aliphatic carbocycles. The standard InChI is InChI=1S/C14H13F3N2OS2/c15-14(16,17)11-9-22-13(18-11)19-12(20)7-4-8-21-10-5-2-1-3-6-10/h1-3,5-6,9H,4,7-8H2,(H,18,19,20). The van der Waals surface area contributed by atoms with Crippen LogP contribution in [0.1, 0.15) is 18.5 Å². The van der Waals surface area contributed by atoms with Gasteiger partial charge in [-0.2, -0.15) is 13.2 Å². The number of carbonyl (C=O) groups excluding carboxylic acids is 1. The molecule has 1 N–H and O–H groups in total. The smallest absolute Gasteiger partial charge is 0.302 e. The van der Waals surface area contributed by atoms with E-state index in [1.165, 1.54) is 0 Å². The average Bonchev–Trinajstić information content (AvgIpc) is 2.93. The van der Waals surface area contributed by atoms with Crippen LogP contribution in [-0.2, 0) is 11.0 Å². The molecule has 2 aromatic rings. The quantitative estimate of drug-likeness (QED) is 0.610. The SMILES string of the molecule is O=C(CCCSc1ccccc1)Nc1nc(C(F)(F)F)cs1. The van der Waals surface area contributed by atoms with Crippen LogP contribution >= 0.6 is 23.1 Å². The molecule has 1 aromatic heterocycles. The first-order chi connectivity index (χ1) is 10.4. The molecule has 118 valence electrons. The van der Waals surface area contributed by atoms with E-state index in [9.17, 15) is 18.0 Å². The van der Waals surface area contributed by atoms with Gasteiger partial charge in [0.05, 0.1) is 0 Å². The van der Waals surface area contributed by atoms with Gasteiger partial charge in [-0.25, -0.2) is 4.98 Å². The number of anilines is 1. The predicted octanol–water partition coefficient (Wildman–Crippen LogP) is 4.67. The molecule has 0 spiro atoms. The minimum atomic E-state index is -4.48. The summed E-state index contributed by atoms with van der Waals surface area (Å²) in [6.45, 7) is 0. The first-order valence-corrected chi connectivity index (χ1v) is 8.32. The van der Waals surface area contributed by atoms with Crippen molar-refractivity contribution in [3.8, 4) is 0 Å². The van der Waals surface area contributed by atoms with Crippen molar-refractivity contribution in [2.75, 3.05) is 11.1 Å². The third-order valence-corrected chi connectivity index (χ3v) is 4.46. The van der Waals surface area contributed by atoms with Crippen LogP contribution in [0.2, 0.25) is 0 Å². The highest BCUT2D eigenvalue weighted by Crippen LogP contribution is 2.31. The van der Waals surface area contributed by atoms with Crippen molar-refractivity contribution in [2.45, 2.75) is 23.9 Å². The Kier molecular flexibility index (Phi) is 5.84. The topological polar surface area (TPSA) is 42.0 Å². The molecule has 0 aliphatic heterocycles. The van der Waals surface area contributed by atoms with Gasteiger partial charge in [0.1, 0.15) is 0 Å². The number of hydrogen-bond acceptors (Lipinski definition) is 4. The van der Waals surface area contributed by atoms with Gasteiger partial charge in [-0.05, 0) is 24.3 Å². The summed E-state index contributed by atoms with van der Waals surface area (Å²) in [7, 11) is 0. The lowest BCUT2D eigenvalue weighted by molar-refractivity contribution is -0.140. The molecule has 1 amide bonds. The zero-order valence-corrected chi connectivity index (χ0v) is 13.0. The number of alkyl halides is 3. The number of amides is 1. The number of thioether (sulfide) groups is 1. The lowest BCUT2D eigenvalue weighted by Gasteiger charge is -2.03. The highest BCUT2D eigenvalue weighted by molar-refractivity contribution is 7.99. The van der Waals surface area contributed by atoms with Gasteiger partial charge in [0, 0.05) is 16.7 Å². The number of aromatic nitrogens is 1. The molecule has 0 radical (unpaired) electrons. The van der Waals surface area contributed by atoms with Crippen LogP contribution in [0.15, 0.2) is 40.6 Å². The number of nitrogens with zero attached hydrogens (tertiary/aromatic N) is 1. The molecule has 22 heavy (non-hydrogen) atoms. The van der Waals surface area contributed by atoms with Gasteiger partial charge in [0.2, 0.25) is 5.91 Å². The van der Waals surface area contributed by atoms with Crippen molar-refractivity contribution in [1.82, 2.24) is 4.98 Å². The number of rotatable bonds is 6. The molecule has 3 nitrogen and oxygen atoms in total. The summed E-state index contributed by atoms with van der Waals surface area (Å²) < 4.78 is 37.1. The van der Waals surface area contributed by atoms with Crippen LogP contribution in [0, 0.1) is 0 Å². The minimum absolute atomic E-state index is 0.0203. The summed E-state index contributed by atoms with van der Waals surface area (Å²) in [6.07, 6.45) is -3.59. The van der Waals surface area contributed by atoms with Crippen LogP contribution in [0.25, 0.3) is 0 Å². The Morgan fingerprint density at radius 2 is 2.00 bits per heavy atom. The van der Waals surface area contributed by atoms with Gasteiger partial charge in [0.25, 0.3) is 0 Å². The monoisotopic (exact) mass is 346 g/mol. The Morgan fingerprint density at radius 3 is 2.64 bits per heavy atom. The zero-order valence-electron chi connectivity index (χ0n) is 11.4. The van der Waals surface area contributed by atoms with E-state index in [1.807, 2.05) is 30.3 Å². The number of thiazole rings is 1. The number of carbonyl (C=O) groups is 1. The van der Waals surface area contributed by atoms with Crippen LogP contribution < -0.4 is 5.32 Å². The van der Waals surface area contributed by atoms with Gasteiger partial charge in [0.15, 0.2) is 10.8 Å². The molecule has 0 saturated heterocycles. The molecule has 2 rings (SSSR count). The van der Waals surface area contributed by atoms with Gasteiger partial charge in [-0.15, -0.1) is 23.1 Å². The van der Waals surface area contributed by atoms with Gasteiger partial charge in [-0.1, -0.05) is 18.2 Å². The molecule has 0 bridgehead atoms. The average molecular weight is 346 g/mol. The van der Waals surface area contributed by atoms with E-state index in [4.69, 9.17) is 0 Å². The Labute approximate surface area is 134 Å². The lowest BCUT2D eigenvalue weighted by Crippen LogP contribution is -2.12. The highest BCUT2D eigenvalue weighted by atomic mass is 32.2. The van der Waals surface area contributed by atoms with Crippen LogP contribution in [0.3, 0.4) is 0 Å². The molecule has 1 aromatic carbocycles. The summed E-state index contributed by atoms with van der Waals surface area (Å²) in [4.78, 5) is 16.1. The van der Waals surface area contributed by atoms with E-state index in [1.54, 1.807) is 11.8 Å². The third-order valence-electron chi connectivity index (χ3n) is 2.60. The molecule has 0 unspecified atom stereocenters. The van der Waals surface area contributed by atoms with E-state index in [2.05, 4.69) is 10.3 Å². The fourth-order valence-electron chi connectivity index (χ4n) is 1.58. The second-order valence-electron chi connectivity index (χ2n) is 4.35. The largest absolute Gasteiger partial charge is 0.434 e. The Hall–Kier alpha value is -1.54. The van der Waals surface area contributed by atoms with Gasteiger partial charge < -0.3 is 5.32 Å². The van der Waals surface area contributed by atoms with Crippen LogP contribution in [0.4, 0.5) is 18.3 Å². The minimum Gasteiger partial charge on any atom is -0.302 e. The van der Waals surface area contributed by atoms with Crippen molar-refractivity contribution < 1.29 is 18.0 Å². The lowest BCUT2D eigenvalue weighted by atomic mass is 10.3. The number of nitrogens with one attached hydrogen (secondary N) is 1. The fraction of sp³-hybridized carbons (Fsp3) is 0.286. The van der Waals surface area contributed by atoms with Crippen molar-refractivity contribution in [3.05, 3.63) is 41.4 Å². The van der Waals surface area contributed by atoms with Gasteiger partial charge in [-0.3, -0.25) is 4.79 Å². The molecular weight excluding hydrogens is 333 g/mol. The van der Waals surface area contributed by atoms with E-state index in [0.29, 0.717) is 6.42 Å². The Morgan fingerprint density at radius 1 is 1.27 bits per heavy atom. The van der Waals surface area contributed by atoms with Crippen molar-refractivity contribution in [2.24, 2.45) is 0 Å². The third kappa shape index (κ3) is 5.34. The molecule has 0 saturated carbocycles. The van der Waals surface area contributed by atoms with E-state index in [0.717, 1.165) is 27.4 Å². The fourth-order valence-corrected chi connectivity index (χ4v) is 3.19. The van der Waals surface area contributed by atoms with Crippen molar-refractivity contribution in [3.63, 3.8) is 0 Å².